The summed E-state index contributed by atoms with van der Waals surface area (Å²) in [4.78, 5) is 42.3. The molecular formula is C32H41N9O3. The lowest BCUT2D eigenvalue weighted by molar-refractivity contribution is -0.119. The zero-order valence-corrected chi connectivity index (χ0v) is 24.8. The van der Waals surface area contributed by atoms with Crippen LogP contribution in [0.3, 0.4) is 0 Å². The van der Waals surface area contributed by atoms with Crippen LogP contribution in [0.1, 0.15) is 31.2 Å². The third-order valence-corrected chi connectivity index (χ3v) is 8.88. The van der Waals surface area contributed by atoms with E-state index in [1.54, 1.807) is 18.2 Å². The van der Waals surface area contributed by atoms with Gasteiger partial charge in [-0.25, -0.2) is 14.8 Å². The van der Waals surface area contributed by atoms with E-state index < -0.39 is 12.3 Å². The smallest absolute Gasteiger partial charge is 0.323 e. The fraction of sp³-hybridized carbons (Fsp3) is 0.438. The SMILES string of the molecule is NCC1CCC(C(O)NC(Cc2cccc(-c3cnc(N4CCNCC4)nc3)c2)C(=O)Nc2ccc3[nH]c(=O)[nH]c3c2)CC1. The van der Waals surface area contributed by atoms with Gasteiger partial charge in [0, 0.05) is 49.8 Å². The summed E-state index contributed by atoms with van der Waals surface area (Å²) in [6.45, 7) is 4.25. The van der Waals surface area contributed by atoms with E-state index in [1.807, 2.05) is 36.7 Å². The second-order valence-electron chi connectivity index (χ2n) is 11.9. The van der Waals surface area contributed by atoms with Crippen LogP contribution in [0.15, 0.2) is 59.7 Å². The number of anilines is 2. The van der Waals surface area contributed by atoms with E-state index >= 15 is 0 Å². The van der Waals surface area contributed by atoms with E-state index in [1.165, 1.54) is 0 Å². The molecule has 6 rings (SSSR count). The number of H-pyrrole nitrogens is 2. The van der Waals surface area contributed by atoms with Crippen LogP contribution in [-0.4, -0.2) is 75.9 Å². The van der Waals surface area contributed by atoms with Crippen LogP contribution in [0.4, 0.5) is 11.6 Å². The minimum absolute atomic E-state index is 0.0482. The Labute approximate surface area is 255 Å². The first kappa shape index (κ1) is 29.9. The van der Waals surface area contributed by atoms with Gasteiger partial charge in [-0.15, -0.1) is 0 Å². The van der Waals surface area contributed by atoms with Gasteiger partial charge in [0.1, 0.15) is 6.23 Å². The Morgan fingerprint density at radius 3 is 2.50 bits per heavy atom. The molecule has 2 aromatic heterocycles. The number of nitrogens with two attached hydrogens (primary N) is 1. The zero-order valence-electron chi connectivity index (χ0n) is 24.8. The van der Waals surface area contributed by atoms with Crippen LogP contribution in [0.25, 0.3) is 22.2 Å². The first-order valence-corrected chi connectivity index (χ1v) is 15.5. The molecule has 44 heavy (non-hydrogen) atoms. The lowest BCUT2D eigenvalue weighted by atomic mass is 9.81. The zero-order chi connectivity index (χ0) is 30.5. The fourth-order valence-corrected chi connectivity index (χ4v) is 6.26. The topological polar surface area (TPSA) is 177 Å². The molecule has 1 aliphatic carbocycles. The molecule has 2 aliphatic rings. The van der Waals surface area contributed by atoms with Crippen LogP contribution in [0, 0.1) is 11.8 Å². The third-order valence-electron chi connectivity index (χ3n) is 8.88. The number of hydrogen-bond donors (Lipinski definition) is 7. The Bertz CT molecular complexity index is 1610. The first-order chi connectivity index (χ1) is 21.4. The number of piperazine rings is 1. The van der Waals surface area contributed by atoms with Crippen LogP contribution in [-0.2, 0) is 11.2 Å². The molecule has 0 spiro atoms. The number of amides is 1. The number of rotatable bonds is 10. The van der Waals surface area contributed by atoms with Crippen molar-refractivity contribution in [3.63, 3.8) is 0 Å². The van der Waals surface area contributed by atoms with Gasteiger partial charge in [-0.05, 0) is 79.8 Å². The van der Waals surface area contributed by atoms with E-state index in [4.69, 9.17) is 5.73 Å². The van der Waals surface area contributed by atoms with Gasteiger partial charge in [-0.3, -0.25) is 10.1 Å². The number of nitrogens with zero attached hydrogens (tertiary/aromatic N) is 3. The molecule has 0 bridgehead atoms. The van der Waals surface area contributed by atoms with Crippen molar-refractivity contribution in [1.82, 2.24) is 30.6 Å². The minimum atomic E-state index is -0.831. The summed E-state index contributed by atoms with van der Waals surface area (Å²) >= 11 is 0. The van der Waals surface area contributed by atoms with Crippen molar-refractivity contribution < 1.29 is 9.90 Å². The summed E-state index contributed by atoms with van der Waals surface area (Å²) in [5, 5.41) is 20.8. The first-order valence-electron chi connectivity index (χ1n) is 15.5. The van der Waals surface area contributed by atoms with Gasteiger partial charge in [0.05, 0.1) is 17.1 Å². The molecule has 2 atom stereocenters. The highest BCUT2D eigenvalue weighted by molar-refractivity contribution is 5.96. The van der Waals surface area contributed by atoms with Gasteiger partial charge >= 0.3 is 5.69 Å². The number of fused-ring (bicyclic) bond motifs is 1. The molecule has 8 N–H and O–H groups in total. The molecule has 12 nitrogen and oxygen atoms in total. The highest BCUT2D eigenvalue weighted by Crippen LogP contribution is 2.30. The van der Waals surface area contributed by atoms with Gasteiger partial charge < -0.3 is 36.3 Å². The van der Waals surface area contributed by atoms with Crippen molar-refractivity contribution in [3.05, 3.63) is 70.9 Å². The van der Waals surface area contributed by atoms with E-state index in [-0.39, 0.29) is 17.5 Å². The average molecular weight is 600 g/mol. The predicted octanol–water partition coefficient (Wildman–Crippen LogP) is 1.95. The molecule has 12 heteroatoms. The molecule has 2 fully saturated rings. The van der Waals surface area contributed by atoms with Crippen molar-refractivity contribution in [3.8, 4) is 11.1 Å². The Morgan fingerprint density at radius 2 is 1.75 bits per heavy atom. The fourth-order valence-electron chi connectivity index (χ4n) is 6.26. The van der Waals surface area contributed by atoms with Gasteiger partial charge in [0.25, 0.3) is 0 Å². The molecule has 1 amide bonds. The van der Waals surface area contributed by atoms with Crippen molar-refractivity contribution >= 4 is 28.6 Å². The van der Waals surface area contributed by atoms with Crippen LogP contribution >= 0.6 is 0 Å². The number of aromatic amines is 2. The molecule has 0 radical (unpaired) electrons. The van der Waals surface area contributed by atoms with Crippen LogP contribution in [0.2, 0.25) is 0 Å². The quantitative estimate of drug-likeness (QED) is 0.134. The summed E-state index contributed by atoms with van der Waals surface area (Å²) in [6.07, 6.45) is 6.89. The number of aliphatic hydroxyl groups excluding tert-OH is 1. The highest BCUT2D eigenvalue weighted by Gasteiger charge is 2.30. The van der Waals surface area contributed by atoms with Crippen LogP contribution < -0.4 is 32.3 Å². The van der Waals surface area contributed by atoms with Gasteiger partial charge in [-0.2, -0.15) is 0 Å². The Kier molecular flexibility index (Phi) is 9.31. The molecule has 232 valence electrons. The summed E-state index contributed by atoms with van der Waals surface area (Å²) in [6, 6.07) is 12.5. The Morgan fingerprint density at radius 1 is 1.00 bits per heavy atom. The molecule has 2 unspecified atom stereocenters. The van der Waals surface area contributed by atoms with Crippen LogP contribution in [0.5, 0.6) is 0 Å². The van der Waals surface area contributed by atoms with E-state index in [0.29, 0.717) is 35.6 Å². The number of nitrogens with one attached hydrogen (secondary N) is 5. The number of aromatic nitrogens is 4. The van der Waals surface area contributed by atoms with E-state index in [9.17, 15) is 14.7 Å². The van der Waals surface area contributed by atoms with Gasteiger partial charge in [0.2, 0.25) is 11.9 Å². The van der Waals surface area contributed by atoms with E-state index in [2.05, 4.69) is 40.8 Å². The number of benzene rings is 2. The number of hydrogen-bond acceptors (Lipinski definition) is 9. The summed E-state index contributed by atoms with van der Waals surface area (Å²) < 4.78 is 0. The van der Waals surface area contributed by atoms with Gasteiger partial charge in [0.15, 0.2) is 0 Å². The number of imidazole rings is 1. The number of carbonyl (C=O) groups is 1. The normalized spacial score (nSPS) is 20.4. The van der Waals surface area contributed by atoms with Gasteiger partial charge in [-0.1, -0.05) is 24.3 Å². The lowest BCUT2D eigenvalue weighted by Gasteiger charge is -2.33. The second-order valence-corrected chi connectivity index (χ2v) is 11.9. The molecule has 1 aliphatic heterocycles. The summed E-state index contributed by atoms with van der Waals surface area (Å²) in [7, 11) is 0. The van der Waals surface area contributed by atoms with Crippen molar-refractivity contribution in [1.29, 1.82) is 0 Å². The summed E-state index contributed by atoms with van der Waals surface area (Å²) in [5.41, 5.74) is 10.2. The highest BCUT2D eigenvalue weighted by atomic mass is 16.3. The standard InChI is InChI=1S/C32H41N9O3/c33-17-20-4-6-22(7-5-20)29(42)38-28(30(43)37-25-8-9-26-27(16-25)40-32(44)39-26)15-21-2-1-3-23(14-21)24-18-35-31(36-19-24)41-12-10-34-11-13-41/h1-3,8-9,14,16,18-20,22,28-29,34,38,42H,4-7,10-13,15,17,33H2,(H,37,43)(H2,39,40,44). The molecule has 1 saturated heterocycles. The second kappa shape index (κ2) is 13.7. The van der Waals surface area contributed by atoms with Crippen molar-refractivity contribution in [2.45, 2.75) is 44.4 Å². The van der Waals surface area contributed by atoms with Crippen molar-refractivity contribution in [2.75, 3.05) is 42.9 Å². The molecular weight excluding hydrogens is 558 g/mol. The Hall–Kier alpha value is -4.10. The molecule has 2 aromatic carbocycles. The third kappa shape index (κ3) is 7.16. The maximum Gasteiger partial charge on any atom is 0.323 e. The van der Waals surface area contributed by atoms with Crippen molar-refractivity contribution in [2.24, 2.45) is 17.6 Å². The molecule has 4 aromatic rings. The van der Waals surface area contributed by atoms with E-state index in [0.717, 1.165) is 74.5 Å². The largest absolute Gasteiger partial charge is 0.378 e. The minimum Gasteiger partial charge on any atom is -0.378 e. The maximum atomic E-state index is 13.7. The lowest BCUT2D eigenvalue weighted by Crippen LogP contribution is -2.50. The predicted molar refractivity (Wildman–Crippen MR) is 171 cm³/mol. The average Bonchev–Trinajstić information content (AvgIpc) is 3.44. The Balaban J connectivity index is 1.19. The number of aliphatic hydroxyl groups is 1. The number of carbonyl (C=O) groups excluding carboxylic acids is 1. The monoisotopic (exact) mass is 599 g/mol. The maximum absolute atomic E-state index is 13.7. The molecule has 1 saturated carbocycles. The molecule has 3 heterocycles. The summed E-state index contributed by atoms with van der Waals surface area (Å²) in [5.74, 6) is 0.992.